The third kappa shape index (κ3) is 4.07. The zero-order valence-electron chi connectivity index (χ0n) is 26.4. The number of hydrogen-bond acceptors (Lipinski definition) is 7. The first-order valence-corrected chi connectivity index (χ1v) is 16.1. The second-order valence-corrected chi connectivity index (χ2v) is 14.7. The Morgan fingerprint density at radius 3 is 2.36 bits per heavy atom. The maximum atomic E-state index is 14.6. The third-order valence-electron chi connectivity index (χ3n) is 11.5. The maximum absolute atomic E-state index is 14.6. The molecule has 1 fully saturated rings. The molecule has 5 aliphatic rings. The van der Waals surface area contributed by atoms with E-state index in [9.17, 15) is 34.8 Å². The number of rotatable bonds is 6. The second kappa shape index (κ2) is 10.3. The van der Waals surface area contributed by atoms with Gasteiger partial charge in [-0.25, -0.2) is 0 Å². The first-order chi connectivity index (χ1) is 20.7. The fourth-order valence-electron chi connectivity index (χ4n) is 9.62. The van der Waals surface area contributed by atoms with Gasteiger partial charge in [0.15, 0.2) is 17.2 Å². The zero-order valence-corrected chi connectivity index (χ0v) is 26.4. The number of phenolic OH excluding ortho intramolecular Hbond substituents is 1. The topological polar surface area (TPSA) is 132 Å². The van der Waals surface area contributed by atoms with Crippen molar-refractivity contribution < 1.29 is 34.8 Å². The number of hydrogen-bond donors (Lipinski definition) is 4. The van der Waals surface area contributed by atoms with Gasteiger partial charge in [-0.3, -0.25) is 14.4 Å². The summed E-state index contributed by atoms with van der Waals surface area (Å²) in [6.07, 6.45) is 13.6. The monoisotopic (exact) mass is 600 g/mol. The van der Waals surface area contributed by atoms with Crippen LogP contribution in [0.5, 0.6) is 5.75 Å². The molecule has 4 N–H and O–H groups in total. The number of allylic oxidation sites excluding steroid dienone is 6. The summed E-state index contributed by atoms with van der Waals surface area (Å²) in [5.41, 5.74) is -2.36. The Kier molecular flexibility index (Phi) is 7.15. The summed E-state index contributed by atoms with van der Waals surface area (Å²) >= 11 is 0. The van der Waals surface area contributed by atoms with Gasteiger partial charge in [0, 0.05) is 22.3 Å². The molecule has 1 saturated carbocycles. The number of carbonyl (C=O) groups is 3. The lowest BCUT2D eigenvalue weighted by atomic mass is 9.44. The SMILES string of the molecule is CC(=O)C1=C(O)C(C(C)C)[C@@]2(C)C[C@@]3(C)Cc4c(C5=CCC=C5)cc(CCC5CCCC5)c(O)c4C(=O)C3=C(O)[C@@]2(O)C1=O. The summed E-state index contributed by atoms with van der Waals surface area (Å²) < 4.78 is 0. The average Bonchev–Trinajstić information content (AvgIpc) is 3.65. The molecule has 5 aliphatic carbocycles. The first-order valence-electron chi connectivity index (χ1n) is 16.1. The van der Waals surface area contributed by atoms with Gasteiger partial charge in [0.25, 0.3) is 0 Å². The highest BCUT2D eigenvalue weighted by molar-refractivity contribution is 6.25. The van der Waals surface area contributed by atoms with E-state index in [2.05, 4.69) is 12.2 Å². The molecule has 1 unspecified atom stereocenters. The van der Waals surface area contributed by atoms with Crippen LogP contribution in [0.25, 0.3) is 5.57 Å². The average molecular weight is 601 g/mol. The number of Topliss-reactive ketones (excluding diaryl/α,β-unsaturated/α-hetero) is 3. The Labute approximate surface area is 259 Å². The summed E-state index contributed by atoms with van der Waals surface area (Å²) in [5.74, 6) is -4.24. The number of aryl methyl sites for hydroxylation is 1. The van der Waals surface area contributed by atoms with Gasteiger partial charge in [-0.15, -0.1) is 0 Å². The molecule has 0 aliphatic heterocycles. The molecule has 7 nitrogen and oxygen atoms in total. The van der Waals surface area contributed by atoms with Gasteiger partial charge in [-0.05, 0) is 79.2 Å². The van der Waals surface area contributed by atoms with E-state index in [0.29, 0.717) is 23.5 Å². The molecule has 234 valence electrons. The van der Waals surface area contributed by atoms with E-state index in [-0.39, 0.29) is 41.4 Å². The molecule has 44 heavy (non-hydrogen) atoms. The lowest BCUT2D eigenvalue weighted by Gasteiger charge is -2.59. The molecular formula is C37H44O7. The normalized spacial score (nSPS) is 31.9. The minimum Gasteiger partial charge on any atom is -0.511 e. The summed E-state index contributed by atoms with van der Waals surface area (Å²) in [6.45, 7) is 8.32. The van der Waals surface area contributed by atoms with Crippen LogP contribution in [0, 0.1) is 28.6 Å². The molecule has 4 atom stereocenters. The van der Waals surface area contributed by atoms with Crippen molar-refractivity contribution in [3.05, 3.63) is 69.2 Å². The molecule has 0 radical (unpaired) electrons. The molecule has 0 amide bonds. The van der Waals surface area contributed by atoms with E-state index in [4.69, 9.17) is 0 Å². The van der Waals surface area contributed by atoms with Crippen LogP contribution in [0.3, 0.4) is 0 Å². The van der Waals surface area contributed by atoms with Crippen LogP contribution >= 0.6 is 0 Å². The van der Waals surface area contributed by atoms with Crippen molar-refractivity contribution in [2.45, 2.75) is 98.0 Å². The lowest BCUT2D eigenvalue weighted by molar-refractivity contribution is -0.171. The smallest absolute Gasteiger partial charge is 0.209 e. The van der Waals surface area contributed by atoms with Crippen LogP contribution in [0.1, 0.15) is 107 Å². The molecule has 0 saturated heterocycles. The zero-order chi connectivity index (χ0) is 31.9. The summed E-state index contributed by atoms with van der Waals surface area (Å²) in [6, 6.07) is 2.02. The van der Waals surface area contributed by atoms with Crippen molar-refractivity contribution in [2.24, 2.45) is 28.6 Å². The fraction of sp³-hybridized carbons (Fsp3) is 0.541. The van der Waals surface area contributed by atoms with Crippen LogP contribution in [0.15, 0.2) is 47.0 Å². The van der Waals surface area contributed by atoms with Gasteiger partial charge in [0.2, 0.25) is 5.78 Å². The molecule has 7 heteroatoms. The van der Waals surface area contributed by atoms with Crippen LogP contribution in [-0.4, -0.2) is 43.4 Å². The minimum absolute atomic E-state index is 0.0867. The Bertz CT molecular complexity index is 1610. The van der Waals surface area contributed by atoms with Gasteiger partial charge < -0.3 is 20.4 Å². The highest BCUT2D eigenvalue weighted by atomic mass is 16.3. The van der Waals surface area contributed by atoms with Crippen molar-refractivity contribution in [3.63, 3.8) is 0 Å². The Hall–Kier alpha value is -3.45. The van der Waals surface area contributed by atoms with Gasteiger partial charge in [-0.2, -0.15) is 0 Å². The molecule has 0 heterocycles. The summed E-state index contributed by atoms with van der Waals surface area (Å²) in [5, 5.41) is 47.4. The van der Waals surface area contributed by atoms with Crippen molar-refractivity contribution in [1.82, 2.24) is 0 Å². The number of phenols is 1. The van der Waals surface area contributed by atoms with E-state index >= 15 is 0 Å². The maximum Gasteiger partial charge on any atom is 0.209 e. The number of aliphatic hydroxyl groups is 3. The highest BCUT2D eigenvalue weighted by Gasteiger charge is 2.71. The van der Waals surface area contributed by atoms with Crippen molar-refractivity contribution in [1.29, 1.82) is 0 Å². The number of ketones is 3. The summed E-state index contributed by atoms with van der Waals surface area (Å²) in [4.78, 5) is 41.2. The fourth-order valence-corrected chi connectivity index (χ4v) is 9.62. The van der Waals surface area contributed by atoms with Gasteiger partial charge in [-0.1, -0.05) is 71.6 Å². The molecule has 0 spiro atoms. The van der Waals surface area contributed by atoms with Gasteiger partial charge >= 0.3 is 0 Å². The number of carbonyl (C=O) groups excluding carboxylic acids is 3. The number of fused-ring (bicyclic) bond motifs is 3. The van der Waals surface area contributed by atoms with E-state index < -0.39 is 51.0 Å². The predicted octanol–water partition coefficient (Wildman–Crippen LogP) is 6.81. The largest absolute Gasteiger partial charge is 0.511 e. The van der Waals surface area contributed by atoms with E-state index in [1.54, 1.807) is 6.92 Å². The second-order valence-electron chi connectivity index (χ2n) is 14.7. The number of aliphatic hydroxyl groups excluding tert-OH is 2. The molecular weight excluding hydrogens is 556 g/mol. The van der Waals surface area contributed by atoms with E-state index in [0.717, 1.165) is 30.9 Å². The van der Waals surface area contributed by atoms with Crippen LogP contribution in [0.2, 0.25) is 0 Å². The third-order valence-corrected chi connectivity index (χ3v) is 11.5. The van der Waals surface area contributed by atoms with Crippen LogP contribution < -0.4 is 0 Å². The molecule has 1 aromatic rings. The standard InChI is InChI=1S/C37H44O7/c1-19(2)28-31(40)26(20(3)38)33(42)37(44)34(43)29-32(41)27-25(17-35(29,4)18-36(28,37)5)24(22-12-8-9-13-22)16-23(30(27)39)15-14-21-10-6-7-11-21/h8,12-13,16,19,21,28,39-40,43-44H,6-7,9-11,14-15,17-18H2,1-5H3/t28?,35-,36-,37+/m1/s1. The number of aromatic hydroxyl groups is 1. The number of benzene rings is 1. The lowest BCUT2D eigenvalue weighted by Crippen LogP contribution is -2.67. The van der Waals surface area contributed by atoms with Gasteiger partial charge in [0.1, 0.15) is 22.8 Å². The molecule has 6 rings (SSSR count). The van der Waals surface area contributed by atoms with Crippen molar-refractivity contribution in [2.75, 3.05) is 0 Å². The van der Waals surface area contributed by atoms with E-state index in [1.807, 2.05) is 32.9 Å². The Morgan fingerprint density at radius 1 is 1.09 bits per heavy atom. The quantitative estimate of drug-likeness (QED) is 0.264. The van der Waals surface area contributed by atoms with Crippen LogP contribution in [0.4, 0.5) is 0 Å². The first kappa shape index (κ1) is 30.6. The Balaban J connectivity index is 1.57. The van der Waals surface area contributed by atoms with Crippen LogP contribution in [-0.2, 0) is 22.4 Å². The minimum atomic E-state index is -2.60. The van der Waals surface area contributed by atoms with Crippen molar-refractivity contribution in [3.8, 4) is 5.75 Å². The summed E-state index contributed by atoms with van der Waals surface area (Å²) in [7, 11) is 0. The molecule has 0 aromatic heterocycles. The predicted molar refractivity (Wildman–Crippen MR) is 167 cm³/mol. The van der Waals surface area contributed by atoms with Crippen molar-refractivity contribution >= 4 is 22.9 Å². The van der Waals surface area contributed by atoms with Gasteiger partial charge in [0.05, 0.1) is 5.56 Å². The highest BCUT2D eigenvalue weighted by Crippen LogP contribution is 2.65. The van der Waals surface area contributed by atoms with E-state index in [1.165, 1.54) is 25.7 Å². The Morgan fingerprint density at radius 2 is 1.77 bits per heavy atom. The molecule has 0 bridgehead atoms. The molecule has 1 aromatic carbocycles.